The largest absolute Gasteiger partial charge is 0.295 e. The summed E-state index contributed by atoms with van der Waals surface area (Å²) in [6, 6.07) is 5.63. The van der Waals surface area contributed by atoms with E-state index in [-0.39, 0.29) is 30.9 Å². The van der Waals surface area contributed by atoms with Crippen LogP contribution < -0.4 is 5.90 Å². The quantitative estimate of drug-likeness (QED) is 0.759. The fraction of sp³-hybridized carbons (Fsp3) is 0.286. The van der Waals surface area contributed by atoms with Crippen molar-refractivity contribution in [1.29, 1.82) is 0 Å². The molecule has 0 bridgehead atoms. The summed E-state index contributed by atoms with van der Waals surface area (Å²) < 4.78 is 0. The average molecular weight is 211 g/mol. The third kappa shape index (κ3) is 3.88. The Morgan fingerprint density at radius 1 is 1.42 bits per heavy atom. The second-order valence-corrected chi connectivity index (χ2v) is 2.03. The molecule has 1 rings (SSSR count). The molecule has 0 radical (unpaired) electrons. The summed E-state index contributed by atoms with van der Waals surface area (Å²) in [5.74, 6) is 4.96. The van der Waals surface area contributed by atoms with Crippen molar-refractivity contribution < 1.29 is 4.84 Å². The van der Waals surface area contributed by atoms with Crippen LogP contribution in [0, 0.1) is 0 Å². The molecule has 0 fully saturated rings. The molecule has 0 aliphatic carbocycles. The molecule has 0 spiro atoms. The van der Waals surface area contributed by atoms with Crippen LogP contribution in [0.3, 0.4) is 0 Å². The zero-order valence-electron chi connectivity index (χ0n) is 6.64. The van der Waals surface area contributed by atoms with Crippen LogP contribution in [0.25, 0.3) is 0 Å². The second-order valence-electron chi connectivity index (χ2n) is 2.03. The first kappa shape index (κ1) is 14.2. The van der Waals surface area contributed by atoms with Crippen molar-refractivity contribution in [2.75, 3.05) is 0 Å². The van der Waals surface area contributed by atoms with Crippen LogP contribution >= 0.6 is 24.8 Å². The summed E-state index contributed by atoms with van der Waals surface area (Å²) >= 11 is 0. The van der Waals surface area contributed by atoms with E-state index in [4.69, 9.17) is 5.90 Å². The third-order valence-corrected chi connectivity index (χ3v) is 1.31. The van der Waals surface area contributed by atoms with Crippen LogP contribution in [0.5, 0.6) is 0 Å². The van der Waals surface area contributed by atoms with E-state index in [2.05, 4.69) is 9.82 Å². The van der Waals surface area contributed by atoms with Crippen LogP contribution in [-0.2, 0) is 4.84 Å². The average Bonchev–Trinajstić information content (AvgIpc) is 2.05. The monoisotopic (exact) mass is 210 g/mol. The Balaban J connectivity index is 0. The minimum atomic E-state index is -0.124. The van der Waals surface area contributed by atoms with Crippen molar-refractivity contribution in [3.8, 4) is 0 Å². The highest BCUT2D eigenvalue weighted by Gasteiger charge is 2.02. The van der Waals surface area contributed by atoms with Gasteiger partial charge in [-0.1, -0.05) is 6.07 Å². The molecule has 5 heteroatoms. The maximum absolute atomic E-state index is 4.96. The Labute approximate surface area is 84.1 Å². The predicted molar refractivity (Wildman–Crippen MR) is 52.4 cm³/mol. The Morgan fingerprint density at radius 3 is 2.50 bits per heavy atom. The topological polar surface area (TPSA) is 48.1 Å². The number of hydrogen-bond donors (Lipinski definition) is 1. The van der Waals surface area contributed by atoms with Crippen LogP contribution in [0.1, 0.15) is 18.7 Å². The third-order valence-electron chi connectivity index (χ3n) is 1.31. The van der Waals surface area contributed by atoms with Gasteiger partial charge in [0.15, 0.2) is 0 Å². The number of rotatable bonds is 2. The van der Waals surface area contributed by atoms with E-state index >= 15 is 0 Å². The van der Waals surface area contributed by atoms with Crippen LogP contribution in [0.4, 0.5) is 0 Å². The zero-order valence-corrected chi connectivity index (χ0v) is 8.27. The van der Waals surface area contributed by atoms with E-state index in [0.717, 1.165) is 5.69 Å². The van der Waals surface area contributed by atoms with E-state index in [1.807, 2.05) is 25.1 Å². The molecule has 0 aromatic carbocycles. The van der Waals surface area contributed by atoms with Gasteiger partial charge in [-0.15, -0.1) is 24.8 Å². The van der Waals surface area contributed by atoms with Gasteiger partial charge in [-0.2, -0.15) is 0 Å². The highest BCUT2D eigenvalue weighted by Crippen LogP contribution is 2.09. The summed E-state index contributed by atoms with van der Waals surface area (Å²) in [6.45, 7) is 1.85. The minimum Gasteiger partial charge on any atom is -0.295 e. The van der Waals surface area contributed by atoms with Gasteiger partial charge in [0.25, 0.3) is 0 Å². The molecule has 0 saturated heterocycles. The molecule has 1 atom stereocenters. The lowest BCUT2D eigenvalue weighted by atomic mass is 10.2. The van der Waals surface area contributed by atoms with E-state index in [0.29, 0.717) is 0 Å². The maximum atomic E-state index is 4.96. The minimum absolute atomic E-state index is 0. The summed E-state index contributed by atoms with van der Waals surface area (Å²) in [4.78, 5) is 8.62. The molecule has 0 aliphatic heterocycles. The smallest absolute Gasteiger partial charge is 0.118 e. The summed E-state index contributed by atoms with van der Waals surface area (Å²) in [6.07, 6.45) is 1.59. The molecule has 0 saturated carbocycles. The van der Waals surface area contributed by atoms with Gasteiger partial charge in [-0.05, 0) is 19.1 Å². The van der Waals surface area contributed by atoms with E-state index in [9.17, 15) is 0 Å². The molecule has 1 aromatic heterocycles. The van der Waals surface area contributed by atoms with Gasteiger partial charge >= 0.3 is 0 Å². The van der Waals surface area contributed by atoms with Crippen molar-refractivity contribution in [1.82, 2.24) is 4.98 Å². The number of pyridine rings is 1. The molecule has 0 aliphatic rings. The van der Waals surface area contributed by atoms with E-state index < -0.39 is 0 Å². The Bertz CT molecular complexity index is 196. The standard InChI is InChI=1S/C7H10N2O.2ClH/c1-6(10-8)7-4-2-3-5-9-7;;/h2-6H,8H2,1H3;2*1H/t6-;;/m1../s1. The molecule has 70 valence electrons. The summed E-state index contributed by atoms with van der Waals surface area (Å²) in [5, 5.41) is 0. The molecule has 0 unspecified atom stereocenters. The number of halogens is 2. The predicted octanol–water partition coefficient (Wildman–Crippen LogP) is 1.88. The van der Waals surface area contributed by atoms with E-state index in [1.54, 1.807) is 6.20 Å². The fourth-order valence-electron chi connectivity index (χ4n) is 0.686. The van der Waals surface area contributed by atoms with Crippen LogP contribution in [-0.4, -0.2) is 4.98 Å². The first-order chi connectivity index (χ1) is 4.84. The molecule has 0 amide bonds. The van der Waals surface area contributed by atoms with Crippen molar-refractivity contribution in [2.45, 2.75) is 13.0 Å². The van der Waals surface area contributed by atoms with E-state index in [1.165, 1.54) is 0 Å². The van der Waals surface area contributed by atoms with Crippen molar-refractivity contribution in [3.05, 3.63) is 30.1 Å². The van der Waals surface area contributed by atoms with Gasteiger partial charge in [-0.25, -0.2) is 5.90 Å². The lowest BCUT2D eigenvalue weighted by Gasteiger charge is -2.05. The normalized spacial score (nSPS) is 10.8. The Hall–Kier alpha value is -0.350. The number of hydrogen-bond acceptors (Lipinski definition) is 3. The first-order valence-corrected chi connectivity index (χ1v) is 3.11. The van der Waals surface area contributed by atoms with Gasteiger partial charge in [0.05, 0.1) is 5.69 Å². The summed E-state index contributed by atoms with van der Waals surface area (Å²) in [5.41, 5.74) is 0.852. The van der Waals surface area contributed by atoms with Crippen LogP contribution in [0.2, 0.25) is 0 Å². The molecule has 1 heterocycles. The number of nitrogens with zero attached hydrogens (tertiary/aromatic N) is 1. The molecular formula is C7H12Cl2N2O. The van der Waals surface area contributed by atoms with Crippen molar-refractivity contribution in [2.24, 2.45) is 5.90 Å². The van der Waals surface area contributed by atoms with Crippen molar-refractivity contribution in [3.63, 3.8) is 0 Å². The SMILES string of the molecule is C[C@@H](ON)c1ccccn1.Cl.Cl. The highest BCUT2D eigenvalue weighted by molar-refractivity contribution is 5.85. The summed E-state index contributed by atoms with van der Waals surface area (Å²) in [7, 11) is 0. The van der Waals surface area contributed by atoms with Gasteiger partial charge in [-0.3, -0.25) is 9.82 Å². The lowest BCUT2D eigenvalue weighted by Crippen LogP contribution is -2.06. The highest BCUT2D eigenvalue weighted by atomic mass is 35.5. The second kappa shape index (κ2) is 7.31. The zero-order chi connectivity index (χ0) is 7.40. The molecule has 2 N–H and O–H groups in total. The molecule has 3 nitrogen and oxygen atoms in total. The number of aromatic nitrogens is 1. The first-order valence-electron chi connectivity index (χ1n) is 3.11. The maximum Gasteiger partial charge on any atom is 0.118 e. The molecular weight excluding hydrogens is 199 g/mol. The van der Waals surface area contributed by atoms with Gasteiger partial charge in [0.2, 0.25) is 0 Å². The van der Waals surface area contributed by atoms with Crippen LogP contribution in [0.15, 0.2) is 24.4 Å². The Morgan fingerprint density at radius 2 is 2.08 bits per heavy atom. The fourth-order valence-corrected chi connectivity index (χ4v) is 0.686. The van der Waals surface area contributed by atoms with Gasteiger partial charge < -0.3 is 0 Å². The van der Waals surface area contributed by atoms with Crippen molar-refractivity contribution >= 4 is 24.8 Å². The van der Waals surface area contributed by atoms with Gasteiger partial charge in [0, 0.05) is 6.20 Å². The lowest BCUT2D eigenvalue weighted by molar-refractivity contribution is 0.0634. The molecule has 12 heavy (non-hydrogen) atoms. The molecule has 1 aromatic rings. The Kier molecular flexibility index (Phi) is 8.64. The number of nitrogens with two attached hydrogens (primary N) is 1. The van der Waals surface area contributed by atoms with Gasteiger partial charge in [0.1, 0.15) is 6.10 Å².